The number of hydrogen-bond acceptors (Lipinski definition) is 4. The van der Waals surface area contributed by atoms with E-state index in [1.807, 2.05) is 13.8 Å². The minimum Gasteiger partial charge on any atom is -0.373 e. The van der Waals surface area contributed by atoms with Crippen LogP contribution < -0.4 is 5.32 Å². The molecule has 0 amide bonds. The standard InChI is InChI=1S/C15H27N3O/c1-7-14(19-6)15-17-11(4)13(12(5)18-15)9-16-8-10(2)3/h10,14,16H,7-9H2,1-6H3. The topological polar surface area (TPSA) is 47.0 Å². The van der Waals surface area contributed by atoms with Gasteiger partial charge in [0.2, 0.25) is 0 Å². The van der Waals surface area contributed by atoms with Crippen molar-refractivity contribution >= 4 is 0 Å². The van der Waals surface area contributed by atoms with Gasteiger partial charge in [-0.1, -0.05) is 20.8 Å². The van der Waals surface area contributed by atoms with Crippen molar-refractivity contribution in [3.8, 4) is 0 Å². The Labute approximate surface area is 117 Å². The van der Waals surface area contributed by atoms with Gasteiger partial charge in [-0.3, -0.25) is 0 Å². The van der Waals surface area contributed by atoms with Crippen LogP contribution in [0.3, 0.4) is 0 Å². The van der Waals surface area contributed by atoms with Crippen LogP contribution >= 0.6 is 0 Å². The fourth-order valence-electron chi connectivity index (χ4n) is 2.11. The lowest BCUT2D eigenvalue weighted by Gasteiger charge is -2.16. The fraction of sp³-hybridized carbons (Fsp3) is 0.733. The molecule has 0 spiro atoms. The molecule has 108 valence electrons. The molecule has 0 fully saturated rings. The largest absolute Gasteiger partial charge is 0.373 e. The van der Waals surface area contributed by atoms with Gasteiger partial charge in [-0.15, -0.1) is 0 Å². The van der Waals surface area contributed by atoms with Crippen LogP contribution in [0, 0.1) is 19.8 Å². The number of ether oxygens (including phenoxy) is 1. The molecular formula is C15H27N3O. The van der Waals surface area contributed by atoms with Crippen LogP contribution in [0.25, 0.3) is 0 Å². The summed E-state index contributed by atoms with van der Waals surface area (Å²) in [6, 6.07) is 0. The minimum atomic E-state index is -0.00456. The Bertz CT molecular complexity index is 377. The Morgan fingerprint density at radius 3 is 2.16 bits per heavy atom. The van der Waals surface area contributed by atoms with E-state index < -0.39 is 0 Å². The van der Waals surface area contributed by atoms with Crippen molar-refractivity contribution in [3.05, 3.63) is 22.8 Å². The first-order valence-electron chi connectivity index (χ1n) is 7.07. The SMILES string of the molecule is CCC(OC)c1nc(C)c(CNCC(C)C)c(C)n1. The maximum Gasteiger partial charge on any atom is 0.157 e. The normalized spacial score (nSPS) is 13.0. The third-order valence-electron chi connectivity index (χ3n) is 3.24. The first-order valence-corrected chi connectivity index (χ1v) is 7.07. The molecule has 4 nitrogen and oxygen atoms in total. The van der Waals surface area contributed by atoms with E-state index in [-0.39, 0.29) is 6.10 Å². The molecule has 0 aliphatic carbocycles. The van der Waals surface area contributed by atoms with Gasteiger partial charge in [-0.25, -0.2) is 9.97 Å². The molecule has 1 aromatic rings. The second kappa shape index (κ2) is 7.56. The summed E-state index contributed by atoms with van der Waals surface area (Å²) in [5.41, 5.74) is 3.30. The van der Waals surface area contributed by atoms with Crippen LogP contribution in [-0.4, -0.2) is 23.6 Å². The molecule has 1 rings (SSSR count). The summed E-state index contributed by atoms with van der Waals surface area (Å²) in [6.45, 7) is 12.4. The van der Waals surface area contributed by atoms with Gasteiger partial charge in [-0.05, 0) is 32.7 Å². The number of hydrogen-bond donors (Lipinski definition) is 1. The Morgan fingerprint density at radius 2 is 1.74 bits per heavy atom. The monoisotopic (exact) mass is 265 g/mol. The zero-order chi connectivity index (χ0) is 14.4. The predicted octanol–water partition coefficient (Wildman–Crippen LogP) is 2.94. The van der Waals surface area contributed by atoms with Crippen LogP contribution in [0.15, 0.2) is 0 Å². The first-order chi connectivity index (χ1) is 8.99. The summed E-state index contributed by atoms with van der Waals surface area (Å²) >= 11 is 0. The van der Waals surface area contributed by atoms with Crippen LogP contribution in [0.1, 0.15) is 56.1 Å². The van der Waals surface area contributed by atoms with Gasteiger partial charge in [0.25, 0.3) is 0 Å². The van der Waals surface area contributed by atoms with E-state index in [0.717, 1.165) is 36.7 Å². The lowest BCUT2D eigenvalue weighted by Crippen LogP contribution is -2.21. The second-order valence-electron chi connectivity index (χ2n) is 5.39. The Kier molecular flexibility index (Phi) is 6.38. The van der Waals surface area contributed by atoms with Gasteiger partial charge in [0.05, 0.1) is 0 Å². The molecule has 1 unspecified atom stereocenters. The summed E-state index contributed by atoms with van der Waals surface area (Å²) in [5.74, 6) is 1.45. The van der Waals surface area contributed by atoms with Crippen LogP contribution in [0.2, 0.25) is 0 Å². The second-order valence-corrected chi connectivity index (χ2v) is 5.39. The van der Waals surface area contributed by atoms with E-state index in [1.54, 1.807) is 7.11 Å². The van der Waals surface area contributed by atoms with Gasteiger partial charge < -0.3 is 10.1 Å². The highest BCUT2D eigenvalue weighted by atomic mass is 16.5. The molecule has 0 aromatic carbocycles. The van der Waals surface area contributed by atoms with Gasteiger partial charge in [0.1, 0.15) is 6.10 Å². The van der Waals surface area contributed by atoms with Crippen molar-refractivity contribution < 1.29 is 4.74 Å². The molecule has 0 saturated heterocycles. The summed E-state index contributed by atoms with van der Waals surface area (Å²) in [7, 11) is 1.71. The Hall–Kier alpha value is -1.00. The lowest BCUT2D eigenvalue weighted by molar-refractivity contribution is 0.0922. The van der Waals surface area contributed by atoms with Crippen molar-refractivity contribution in [2.75, 3.05) is 13.7 Å². The fourth-order valence-corrected chi connectivity index (χ4v) is 2.11. The molecular weight excluding hydrogens is 238 g/mol. The van der Waals surface area contributed by atoms with Crippen molar-refractivity contribution in [1.29, 1.82) is 0 Å². The predicted molar refractivity (Wildman–Crippen MR) is 78.1 cm³/mol. The molecule has 0 aliphatic rings. The van der Waals surface area contributed by atoms with Crippen molar-refractivity contribution in [3.63, 3.8) is 0 Å². The van der Waals surface area contributed by atoms with Crippen molar-refractivity contribution in [2.45, 2.75) is 53.7 Å². The highest BCUT2D eigenvalue weighted by molar-refractivity contribution is 5.24. The molecule has 0 radical (unpaired) electrons. The van der Waals surface area contributed by atoms with E-state index in [2.05, 4.69) is 36.1 Å². The minimum absolute atomic E-state index is 0.00456. The molecule has 1 N–H and O–H groups in total. The van der Waals surface area contributed by atoms with Crippen LogP contribution in [-0.2, 0) is 11.3 Å². The average Bonchev–Trinajstić information content (AvgIpc) is 2.34. The Balaban J connectivity index is 2.85. The zero-order valence-electron chi connectivity index (χ0n) is 13.1. The summed E-state index contributed by atoms with van der Waals surface area (Å²) in [4.78, 5) is 9.20. The van der Waals surface area contributed by atoms with E-state index in [0.29, 0.717) is 5.92 Å². The molecule has 0 bridgehead atoms. The maximum atomic E-state index is 5.41. The number of nitrogens with zero attached hydrogens (tertiary/aromatic N) is 2. The summed E-state index contributed by atoms with van der Waals surface area (Å²) in [6.07, 6.45) is 0.885. The first kappa shape index (κ1) is 16.1. The number of rotatable bonds is 7. The molecule has 1 atom stereocenters. The van der Waals surface area contributed by atoms with Gasteiger partial charge in [-0.2, -0.15) is 0 Å². The quantitative estimate of drug-likeness (QED) is 0.823. The number of nitrogens with one attached hydrogen (secondary N) is 1. The van der Waals surface area contributed by atoms with Crippen molar-refractivity contribution in [1.82, 2.24) is 15.3 Å². The number of aryl methyl sites for hydroxylation is 2. The van der Waals surface area contributed by atoms with Crippen LogP contribution in [0.5, 0.6) is 0 Å². The van der Waals surface area contributed by atoms with Gasteiger partial charge in [0.15, 0.2) is 5.82 Å². The molecule has 0 saturated carbocycles. The smallest absolute Gasteiger partial charge is 0.157 e. The molecule has 1 heterocycles. The third-order valence-corrected chi connectivity index (χ3v) is 3.24. The third kappa shape index (κ3) is 4.55. The molecule has 4 heteroatoms. The highest BCUT2D eigenvalue weighted by Crippen LogP contribution is 2.19. The number of aromatic nitrogens is 2. The molecule has 0 aliphatic heterocycles. The van der Waals surface area contributed by atoms with E-state index in [9.17, 15) is 0 Å². The molecule has 1 aromatic heterocycles. The van der Waals surface area contributed by atoms with Gasteiger partial charge >= 0.3 is 0 Å². The lowest BCUT2D eigenvalue weighted by atomic mass is 10.1. The van der Waals surface area contributed by atoms with Gasteiger partial charge in [0, 0.05) is 30.6 Å². The summed E-state index contributed by atoms with van der Waals surface area (Å²) in [5, 5.41) is 3.45. The zero-order valence-corrected chi connectivity index (χ0v) is 13.1. The Morgan fingerprint density at radius 1 is 1.16 bits per heavy atom. The van der Waals surface area contributed by atoms with E-state index in [4.69, 9.17) is 4.74 Å². The average molecular weight is 265 g/mol. The summed E-state index contributed by atoms with van der Waals surface area (Å²) < 4.78 is 5.41. The number of methoxy groups -OCH3 is 1. The maximum absolute atomic E-state index is 5.41. The van der Waals surface area contributed by atoms with E-state index in [1.165, 1.54) is 5.56 Å². The molecule has 19 heavy (non-hydrogen) atoms. The highest BCUT2D eigenvalue weighted by Gasteiger charge is 2.15. The van der Waals surface area contributed by atoms with Crippen molar-refractivity contribution in [2.24, 2.45) is 5.92 Å². The van der Waals surface area contributed by atoms with E-state index >= 15 is 0 Å². The van der Waals surface area contributed by atoms with Crippen LogP contribution in [0.4, 0.5) is 0 Å².